The predicted molar refractivity (Wildman–Crippen MR) is 57.2 cm³/mol. The molecule has 1 aliphatic carbocycles. The zero-order valence-electron chi connectivity index (χ0n) is 9.29. The number of carboxylic acid groups (broad SMARTS) is 2. The van der Waals surface area contributed by atoms with Crippen LogP contribution in [0.25, 0.3) is 0 Å². The minimum atomic E-state index is -1.34. The van der Waals surface area contributed by atoms with Gasteiger partial charge in [-0.2, -0.15) is 0 Å². The number of aliphatic hydroxyl groups is 1. The molecule has 0 aromatic heterocycles. The zero-order chi connectivity index (χ0) is 13.2. The van der Waals surface area contributed by atoms with Crippen LogP contribution in [-0.2, 0) is 14.3 Å². The molecule has 0 spiro atoms. The van der Waals surface area contributed by atoms with Crippen molar-refractivity contribution in [2.75, 3.05) is 0 Å². The van der Waals surface area contributed by atoms with Crippen LogP contribution in [0.4, 0.5) is 0 Å². The quantitative estimate of drug-likeness (QED) is 0.486. The van der Waals surface area contributed by atoms with Crippen molar-refractivity contribution in [2.45, 2.75) is 25.6 Å². The number of hydrogen-bond donors (Lipinski definition) is 3. The molecule has 0 radical (unpaired) electrons. The summed E-state index contributed by atoms with van der Waals surface area (Å²) in [5.74, 6) is -3.36. The molecule has 0 saturated carbocycles. The molecule has 0 aliphatic heterocycles. The van der Waals surface area contributed by atoms with Crippen molar-refractivity contribution in [3.8, 4) is 0 Å². The fourth-order valence-corrected chi connectivity index (χ4v) is 1.66. The van der Waals surface area contributed by atoms with Gasteiger partial charge in [-0.1, -0.05) is 13.0 Å². The average molecular weight is 242 g/mol. The van der Waals surface area contributed by atoms with E-state index in [1.54, 1.807) is 6.92 Å². The normalized spacial score (nSPS) is 28.1. The third-order valence-corrected chi connectivity index (χ3v) is 2.61. The molecule has 0 bridgehead atoms. The molecule has 17 heavy (non-hydrogen) atoms. The molecule has 0 fully saturated rings. The Bertz CT molecular complexity index is 383. The standard InChI is InChI=1S/C11H14O6/c1-5-3-7(11(15)16)4-8(9(5)12)17-6(2)10(13)14/h3,5,8-9,12H,2,4H2,1H3,(H,13,14)(H,15,16)/t5-,8-,9-/m1/s1. The number of rotatable bonds is 4. The van der Waals surface area contributed by atoms with Gasteiger partial charge in [-0.3, -0.25) is 0 Å². The molecule has 94 valence electrons. The lowest BCUT2D eigenvalue weighted by molar-refractivity contribution is -0.139. The monoisotopic (exact) mass is 242 g/mol. The SMILES string of the molecule is C=C(O[C@@H]1CC(C(=O)O)=C[C@@H](C)[C@H]1O)C(=O)O. The maximum atomic E-state index is 10.8. The van der Waals surface area contributed by atoms with E-state index in [2.05, 4.69) is 6.58 Å². The molecule has 0 aromatic rings. The molecule has 1 aliphatic rings. The summed E-state index contributed by atoms with van der Waals surface area (Å²) in [5.41, 5.74) is 0.103. The predicted octanol–water partition coefficient (Wildman–Crippen LogP) is 0.382. The van der Waals surface area contributed by atoms with Crippen molar-refractivity contribution < 1.29 is 29.6 Å². The Balaban J connectivity index is 2.81. The minimum Gasteiger partial charge on any atom is -0.481 e. The Hall–Kier alpha value is -1.82. The van der Waals surface area contributed by atoms with Crippen LogP contribution in [0.5, 0.6) is 0 Å². The summed E-state index contributed by atoms with van der Waals surface area (Å²) in [5, 5.41) is 27.2. The third-order valence-electron chi connectivity index (χ3n) is 2.61. The maximum absolute atomic E-state index is 10.8. The summed E-state index contributed by atoms with van der Waals surface area (Å²) < 4.78 is 4.97. The Labute approximate surface area is 97.8 Å². The van der Waals surface area contributed by atoms with E-state index in [-0.39, 0.29) is 12.0 Å². The van der Waals surface area contributed by atoms with Crippen molar-refractivity contribution >= 4 is 11.9 Å². The Kier molecular flexibility index (Phi) is 3.90. The zero-order valence-corrected chi connectivity index (χ0v) is 9.29. The van der Waals surface area contributed by atoms with E-state index in [0.29, 0.717) is 0 Å². The lowest BCUT2D eigenvalue weighted by atomic mass is 9.87. The molecule has 1 rings (SSSR count). The van der Waals surface area contributed by atoms with Gasteiger partial charge in [0.1, 0.15) is 6.10 Å². The van der Waals surface area contributed by atoms with Gasteiger partial charge in [0.05, 0.1) is 6.10 Å². The molecule has 3 atom stereocenters. The fraction of sp³-hybridized carbons (Fsp3) is 0.455. The summed E-state index contributed by atoms with van der Waals surface area (Å²) >= 11 is 0. The third kappa shape index (κ3) is 3.07. The highest BCUT2D eigenvalue weighted by Crippen LogP contribution is 2.27. The second-order valence-corrected chi connectivity index (χ2v) is 3.94. The Morgan fingerprint density at radius 3 is 2.53 bits per heavy atom. The van der Waals surface area contributed by atoms with Gasteiger partial charge >= 0.3 is 11.9 Å². The second kappa shape index (κ2) is 5.01. The number of ether oxygens (including phenoxy) is 1. The van der Waals surface area contributed by atoms with E-state index in [1.807, 2.05) is 0 Å². The first-order valence-electron chi connectivity index (χ1n) is 5.03. The maximum Gasteiger partial charge on any atom is 0.370 e. The van der Waals surface area contributed by atoms with Gasteiger partial charge in [0.2, 0.25) is 0 Å². The number of carboxylic acids is 2. The van der Waals surface area contributed by atoms with Crippen molar-refractivity contribution in [3.05, 3.63) is 24.0 Å². The summed E-state index contributed by atoms with van der Waals surface area (Å²) in [7, 11) is 0. The molecule has 0 unspecified atom stereocenters. The summed E-state index contributed by atoms with van der Waals surface area (Å²) in [6.07, 6.45) is -0.456. The van der Waals surface area contributed by atoms with E-state index < -0.39 is 35.8 Å². The second-order valence-electron chi connectivity index (χ2n) is 3.94. The highest BCUT2D eigenvalue weighted by atomic mass is 16.5. The smallest absolute Gasteiger partial charge is 0.370 e. The highest BCUT2D eigenvalue weighted by Gasteiger charge is 2.34. The highest BCUT2D eigenvalue weighted by molar-refractivity contribution is 5.87. The van der Waals surface area contributed by atoms with Crippen molar-refractivity contribution in [1.29, 1.82) is 0 Å². The summed E-state index contributed by atoms with van der Waals surface area (Å²) in [6.45, 7) is 4.81. The summed E-state index contributed by atoms with van der Waals surface area (Å²) in [4.78, 5) is 21.4. The van der Waals surface area contributed by atoms with E-state index in [4.69, 9.17) is 14.9 Å². The van der Waals surface area contributed by atoms with Gasteiger partial charge in [-0.15, -0.1) is 0 Å². The van der Waals surface area contributed by atoms with Crippen LogP contribution in [0.1, 0.15) is 13.3 Å². The van der Waals surface area contributed by atoms with E-state index in [1.165, 1.54) is 6.08 Å². The summed E-state index contributed by atoms with van der Waals surface area (Å²) in [6, 6.07) is 0. The fourth-order valence-electron chi connectivity index (χ4n) is 1.66. The van der Waals surface area contributed by atoms with Crippen molar-refractivity contribution in [1.82, 2.24) is 0 Å². The Morgan fingerprint density at radius 1 is 1.47 bits per heavy atom. The van der Waals surface area contributed by atoms with Crippen LogP contribution in [0.2, 0.25) is 0 Å². The largest absolute Gasteiger partial charge is 0.481 e. The number of carbonyl (C=O) groups is 2. The molecule has 6 nitrogen and oxygen atoms in total. The van der Waals surface area contributed by atoms with Crippen molar-refractivity contribution in [3.63, 3.8) is 0 Å². The van der Waals surface area contributed by atoms with Crippen molar-refractivity contribution in [2.24, 2.45) is 5.92 Å². The van der Waals surface area contributed by atoms with Crippen LogP contribution >= 0.6 is 0 Å². The van der Waals surface area contributed by atoms with Gasteiger partial charge < -0.3 is 20.1 Å². The molecule has 0 heterocycles. The molecule has 3 N–H and O–H groups in total. The molecule has 0 aromatic carbocycles. The van der Waals surface area contributed by atoms with Gasteiger partial charge in [0, 0.05) is 17.9 Å². The van der Waals surface area contributed by atoms with Crippen LogP contribution in [0.15, 0.2) is 24.0 Å². The first-order chi connectivity index (χ1) is 7.82. The van der Waals surface area contributed by atoms with Crippen LogP contribution < -0.4 is 0 Å². The average Bonchev–Trinajstić information content (AvgIpc) is 2.23. The lowest BCUT2D eigenvalue weighted by Crippen LogP contribution is -2.38. The molecular formula is C11H14O6. The molecule has 0 saturated heterocycles. The first-order valence-corrected chi connectivity index (χ1v) is 5.03. The molecule has 6 heteroatoms. The minimum absolute atomic E-state index is 0.0485. The van der Waals surface area contributed by atoms with Gasteiger partial charge in [0.15, 0.2) is 5.76 Å². The molecular weight excluding hydrogens is 228 g/mol. The van der Waals surface area contributed by atoms with E-state index in [0.717, 1.165) is 0 Å². The number of aliphatic hydroxyl groups excluding tert-OH is 1. The first kappa shape index (κ1) is 13.2. The van der Waals surface area contributed by atoms with Gasteiger partial charge in [0.25, 0.3) is 0 Å². The van der Waals surface area contributed by atoms with E-state index in [9.17, 15) is 14.7 Å². The number of hydrogen-bond acceptors (Lipinski definition) is 4. The molecule has 0 amide bonds. The van der Waals surface area contributed by atoms with Crippen LogP contribution in [-0.4, -0.2) is 39.5 Å². The van der Waals surface area contributed by atoms with Gasteiger partial charge in [-0.05, 0) is 6.58 Å². The van der Waals surface area contributed by atoms with Crippen LogP contribution in [0.3, 0.4) is 0 Å². The van der Waals surface area contributed by atoms with Crippen LogP contribution in [0, 0.1) is 5.92 Å². The topological polar surface area (TPSA) is 104 Å². The Morgan fingerprint density at radius 2 is 2.06 bits per heavy atom. The number of aliphatic carboxylic acids is 2. The lowest BCUT2D eigenvalue weighted by Gasteiger charge is -2.31. The van der Waals surface area contributed by atoms with Gasteiger partial charge in [-0.25, -0.2) is 9.59 Å². The van der Waals surface area contributed by atoms with E-state index >= 15 is 0 Å².